The number of nitrogens with one attached hydrogen (secondary N) is 2. The van der Waals surface area contributed by atoms with Gasteiger partial charge in [-0.15, -0.1) is 0 Å². The molecule has 10 heteroatoms. The standard InChI is InChI=1S/C30H31FN6O3/c31-23-3-1-19(14-36-15-30(16-36)17-40-18-30)11-22(23)25-12-26(28-24(34-25)5-8-32-29(28)39)35-27-4-2-20(13-33-27)37-9-6-21(38)7-10-37/h1-5,8,11-13,21,38H,6-7,9-10,14-18H2,(H,32,39)(H,33,34,35). The first-order valence-electron chi connectivity index (χ1n) is 13.7. The molecule has 6 heterocycles. The lowest BCUT2D eigenvalue weighted by Crippen LogP contribution is -2.65. The summed E-state index contributed by atoms with van der Waals surface area (Å²) in [5, 5.41) is 13.4. The first kappa shape index (κ1) is 25.1. The van der Waals surface area contributed by atoms with Crippen LogP contribution in [0.4, 0.5) is 21.6 Å². The Kier molecular flexibility index (Phi) is 6.25. The molecule has 3 saturated heterocycles. The van der Waals surface area contributed by atoms with Gasteiger partial charge in [0.25, 0.3) is 5.56 Å². The summed E-state index contributed by atoms with van der Waals surface area (Å²) < 4.78 is 20.5. The second-order valence-electron chi connectivity index (χ2n) is 11.3. The highest BCUT2D eigenvalue weighted by Crippen LogP contribution is 2.38. The molecular weight excluding hydrogens is 511 g/mol. The Labute approximate surface area is 230 Å². The molecular formula is C30H31FN6O3. The van der Waals surface area contributed by atoms with Crippen LogP contribution in [0.15, 0.2) is 59.7 Å². The molecule has 0 saturated carbocycles. The fourth-order valence-corrected chi connectivity index (χ4v) is 6.05. The number of hydrogen-bond acceptors (Lipinski definition) is 8. The first-order valence-corrected chi connectivity index (χ1v) is 13.7. The Bertz CT molecular complexity index is 1600. The highest BCUT2D eigenvalue weighted by atomic mass is 19.1. The maximum Gasteiger partial charge on any atom is 0.259 e. The van der Waals surface area contributed by atoms with Gasteiger partial charge in [-0.2, -0.15) is 0 Å². The number of H-pyrrole nitrogens is 1. The molecule has 3 aliphatic rings. The van der Waals surface area contributed by atoms with Gasteiger partial charge in [0.2, 0.25) is 0 Å². The zero-order valence-corrected chi connectivity index (χ0v) is 22.1. The molecule has 7 rings (SSSR count). The van der Waals surface area contributed by atoms with Crippen LogP contribution in [0, 0.1) is 11.2 Å². The van der Waals surface area contributed by atoms with Crippen molar-refractivity contribution >= 4 is 28.1 Å². The number of halogens is 1. The average Bonchev–Trinajstić information content (AvgIpc) is 2.91. The van der Waals surface area contributed by atoms with E-state index in [1.165, 1.54) is 6.07 Å². The predicted octanol–water partition coefficient (Wildman–Crippen LogP) is 3.66. The van der Waals surface area contributed by atoms with Gasteiger partial charge in [-0.25, -0.2) is 14.4 Å². The number of benzene rings is 1. The van der Waals surface area contributed by atoms with E-state index in [4.69, 9.17) is 4.74 Å². The number of aromatic amines is 1. The van der Waals surface area contributed by atoms with Crippen LogP contribution in [0.2, 0.25) is 0 Å². The van der Waals surface area contributed by atoms with Crippen LogP contribution in [-0.4, -0.2) is 70.5 Å². The van der Waals surface area contributed by atoms with Crippen LogP contribution in [0.5, 0.6) is 0 Å². The summed E-state index contributed by atoms with van der Waals surface area (Å²) in [5.41, 5.74) is 3.82. The normalized spacial score (nSPS) is 19.0. The summed E-state index contributed by atoms with van der Waals surface area (Å²) in [6.45, 7) is 5.94. The molecule has 206 valence electrons. The number of aromatic nitrogens is 3. The molecule has 1 spiro atoms. The third kappa shape index (κ3) is 4.72. The molecule has 3 aromatic heterocycles. The molecule has 3 aliphatic heterocycles. The van der Waals surface area contributed by atoms with Gasteiger partial charge in [0.15, 0.2) is 0 Å². The number of piperidine rings is 1. The van der Waals surface area contributed by atoms with Gasteiger partial charge in [0, 0.05) is 49.9 Å². The van der Waals surface area contributed by atoms with E-state index in [0.29, 0.717) is 39.1 Å². The largest absolute Gasteiger partial charge is 0.393 e. The second-order valence-corrected chi connectivity index (χ2v) is 11.3. The van der Waals surface area contributed by atoms with Gasteiger partial charge < -0.3 is 25.0 Å². The molecule has 0 radical (unpaired) electrons. The smallest absolute Gasteiger partial charge is 0.259 e. The van der Waals surface area contributed by atoms with Crippen molar-refractivity contribution in [1.82, 2.24) is 19.9 Å². The van der Waals surface area contributed by atoms with E-state index in [1.807, 2.05) is 24.3 Å². The van der Waals surface area contributed by atoms with Gasteiger partial charge in [0.1, 0.15) is 11.6 Å². The molecule has 40 heavy (non-hydrogen) atoms. The summed E-state index contributed by atoms with van der Waals surface area (Å²) in [6, 6.07) is 12.4. The third-order valence-corrected chi connectivity index (χ3v) is 8.22. The lowest BCUT2D eigenvalue weighted by Gasteiger charge is -2.55. The Balaban J connectivity index is 1.18. The Morgan fingerprint density at radius 2 is 1.95 bits per heavy atom. The minimum atomic E-state index is -0.368. The van der Waals surface area contributed by atoms with E-state index in [-0.39, 0.29) is 17.5 Å². The number of likely N-dealkylation sites (tertiary alicyclic amines) is 1. The van der Waals surface area contributed by atoms with Crippen molar-refractivity contribution in [3.63, 3.8) is 0 Å². The number of aliphatic hydroxyl groups excluding tert-OH is 1. The Morgan fingerprint density at radius 1 is 1.12 bits per heavy atom. The number of pyridine rings is 3. The van der Waals surface area contributed by atoms with Crippen LogP contribution in [0.1, 0.15) is 18.4 Å². The molecule has 0 aliphatic carbocycles. The predicted molar refractivity (Wildman–Crippen MR) is 151 cm³/mol. The van der Waals surface area contributed by atoms with Gasteiger partial charge in [-0.05, 0) is 54.8 Å². The van der Waals surface area contributed by atoms with E-state index in [1.54, 1.807) is 24.5 Å². The molecule has 1 aromatic carbocycles. The highest BCUT2D eigenvalue weighted by Gasteiger charge is 2.48. The van der Waals surface area contributed by atoms with Crippen molar-refractivity contribution in [3.05, 3.63) is 76.6 Å². The van der Waals surface area contributed by atoms with Crippen LogP contribution in [0.25, 0.3) is 22.2 Å². The maximum absolute atomic E-state index is 15.2. The van der Waals surface area contributed by atoms with Gasteiger partial charge in [-0.3, -0.25) is 9.69 Å². The number of rotatable bonds is 6. The van der Waals surface area contributed by atoms with Crippen molar-refractivity contribution in [2.75, 3.05) is 49.6 Å². The fraction of sp³-hybridized carbons (Fsp3) is 0.367. The van der Waals surface area contributed by atoms with Gasteiger partial charge in [0.05, 0.1) is 53.5 Å². The zero-order valence-electron chi connectivity index (χ0n) is 22.1. The monoisotopic (exact) mass is 542 g/mol. The van der Waals surface area contributed by atoms with Crippen molar-refractivity contribution in [2.24, 2.45) is 5.41 Å². The highest BCUT2D eigenvalue weighted by molar-refractivity contribution is 5.94. The van der Waals surface area contributed by atoms with Crippen molar-refractivity contribution in [1.29, 1.82) is 0 Å². The molecule has 3 N–H and O–H groups in total. The number of fused-ring (bicyclic) bond motifs is 1. The topological polar surface area (TPSA) is 107 Å². The molecule has 0 bridgehead atoms. The molecule has 0 amide bonds. The lowest BCUT2D eigenvalue weighted by atomic mass is 9.78. The minimum absolute atomic E-state index is 0.242. The molecule has 9 nitrogen and oxygen atoms in total. The quantitative estimate of drug-likeness (QED) is 0.339. The van der Waals surface area contributed by atoms with Crippen LogP contribution in [0.3, 0.4) is 0 Å². The van der Waals surface area contributed by atoms with Crippen LogP contribution < -0.4 is 15.8 Å². The third-order valence-electron chi connectivity index (χ3n) is 8.22. The van der Waals surface area contributed by atoms with Crippen LogP contribution in [-0.2, 0) is 11.3 Å². The van der Waals surface area contributed by atoms with E-state index in [0.717, 1.165) is 70.0 Å². The molecule has 0 unspecified atom stereocenters. The van der Waals surface area contributed by atoms with E-state index in [2.05, 4.69) is 30.1 Å². The fourth-order valence-electron chi connectivity index (χ4n) is 6.05. The Morgan fingerprint density at radius 3 is 2.67 bits per heavy atom. The summed E-state index contributed by atoms with van der Waals surface area (Å²) >= 11 is 0. The van der Waals surface area contributed by atoms with Crippen LogP contribution >= 0.6 is 0 Å². The van der Waals surface area contributed by atoms with Crippen molar-refractivity contribution in [2.45, 2.75) is 25.5 Å². The first-order chi connectivity index (χ1) is 19.4. The zero-order chi connectivity index (χ0) is 27.3. The maximum atomic E-state index is 15.2. The Hall–Kier alpha value is -3.86. The number of hydrogen-bond donors (Lipinski definition) is 3. The summed E-state index contributed by atoms with van der Waals surface area (Å²) in [5.74, 6) is 0.191. The molecule has 3 fully saturated rings. The van der Waals surface area contributed by atoms with E-state index >= 15 is 4.39 Å². The van der Waals surface area contributed by atoms with Gasteiger partial charge >= 0.3 is 0 Å². The van der Waals surface area contributed by atoms with E-state index in [9.17, 15) is 9.90 Å². The SMILES string of the molecule is O=c1[nH]ccc2nc(-c3cc(CN4CC5(COC5)C4)ccc3F)cc(Nc3ccc(N4CCC(O)CC4)cn3)c12. The van der Waals surface area contributed by atoms with Gasteiger partial charge in [-0.1, -0.05) is 6.07 Å². The second kappa shape index (κ2) is 9.96. The summed E-state index contributed by atoms with van der Waals surface area (Å²) in [4.78, 5) is 29.3. The number of nitrogens with zero attached hydrogens (tertiary/aromatic N) is 4. The van der Waals surface area contributed by atoms with Crippen molar-refractivity contribution < 1.29 is 14.2 Å². The minimum Gasteiger partial charge on any atom is -0.393 e. The number of anilines is 3. The van der Waals surface area contributed by atoms with E-state index < -0.39 is 0 Å². The molecule has 4 aromatic rings. The van der Waals surface area contributed by atoms with Crippen molar-refractivity contribution in [3.8, 4) is 11.3 Å². The summed E-state index contributed by atoms with van der Waals surface area (Å²) in [6.07, 6.45) is 4.56. The number of aliphatic hydroxyl groups is 1. The number of ether oxygens (including phenoxy) is 1. The average molecular weight is 543 g/mol. The molecule has 0 atom stereocenters. The summed E-state index contributed by atoms with van der Waals surface area (Å²) in [7, 11) is 0. The lowest BCUT2D eigenvalue weighted by molar-refractivity contribution is -0.191.